The van der Waals surface area contributed by atoms with Crippen molar-refractivity contribution < 1.29 is 8.78 Å². The van der Waals surface area contributed by atoms with E-state index in [0.717, 1.165) is 4.57 Å². The number of aromatic nitrogens is 4. The molecule has 0 aliphatic heterocycles. The summed E-state index contributed by atoms with van der Waals surface area (Å²) in [6.45, 7) is 0. The molecule has 0 aromatic carbocycles. The molecule has 0 unspecified atom stereocenters. The van der Waals surface area contributed by atoms with E-state index in [4.69, 9.17) is 0 Å². The van der Waals surface area contributed by atoms with Gasteiger partial charge >= 0.3 is 5.69 Å². The molecule has 0 fully saturated rings. The number of alkyl halides is 2. The number of hydrogen-bond donors (Lipinski definition) is 2. The highest BCUT2D eigenvalue weighted by molar-refractivity contribution is 5.69. The third kappa shape index (κ3) is 1.34. The van der Waals surface area contributed by atoms with Crippen LogP contribution in [0.5, 0.6) is 0 Å². The number of hydrogen-bond acceptors (Lipinski definition) is 3. The predicted octanol–water partition coefficient (Wildman–Crippen LogP) is -0.113. The average Bonchev–Trinajstić information content (AvgIpc) is 2.59. The zero-order valence-electron chi connectivity index (χ0n) is 7.54. The van der Waals surface area contributed by atoms with Gasteiger partial charge in [-0.2, -0.15) is 0 Å². The second-order valence-corrected chi connectivity index (χ2v) is 2.94. The molecule has 8 heteroatoms. The van der Waals surface area contributed by atoms with Crippen molar-refractivity contribution in [1.82, 2.24) is 19.5 Å². The minimum Gasteiger partial charge on any atom is -0.331 e. The molecule has 6 nitrogen and oxygen atoms in total. The molecular weight excluding hydrogens is 210 g/mol. The van der Waals surface area contributed by atoms with Crippen LogP contribution in [0, 0.1) is 0 Å². The van der Waals surface area contributed by atoms with Crippen LogP contribution in [0.3, 0.4) is 0 Å². The van der Waals surface area contributed by atoms with Crippen LogP contribution in [0.15, 0.2) is 9.59 Å². The van der Waals surface area contributed by atoms with Crippen LogP contribution in [0.25, 0.3) is 11.2 Å². The van der Waals surface area contributed by atoms with Crippen molar-refractivity contribution >= 4 is 11.2 Å². The summed E-state index contributed by atoms with van der Waals surface area (Å²) in [6.07, 6.45) is -2.81. The molecule has 0 radical (unpaired) electrons. The highest BCUT2D eigenvalue weighted by Crippen LogP contribution is 2.16. The number of halogens is 2. The number of imidazole rings is 1. The van der Waals surface area contributed by atoms with Crippen molar-refractivity contribution in [2.45, 2.75) is 6.43 Å². The molecule has 2 aromatic heterocycles. The Labute approximate surface area is 80.6 Å². The molecule has 0 aliphatic carbocycles. The van der Waals surface area contributed by atoms with E-state index in [2.05, 4.69) is 9.97 Å². The fourth-order valence-electron chi connectivity index (χ4n) is 1.23. The van der Waals surface area contributed by atoms with Crippen LogP contribution in [0.1, 0.15) is 12.2 Å². The lowest BCUT2D eigenvalue weighted by atomic mass is 10.5. The van der Waals surface area contributed by atoms with E-state index in [1.54, 1.807) is 0 Å². The Morgan fingerprint density at radius 1 is 1.33 bits per heavy atom. The van der Waals surface area contributed by atoms with E-state index in [1.807, 2.05) is 4.98 Å². The lowest BCUT2D eigenvalue weighted by Crippen LogP contribution is -2.28. The Morgan fingerprint density at radius 3 is 2.60 bits per heavy atom. The lowest BCUT2D eigenvalue weighted by Gasteiger charge is -1.94. The SMILES string of the molecule is Cn1c(=O)[nH]c(=O)c2[nH]c(C(F)F)nc21. The van der Waals surface area contributed by atoms with Gasteiger partial charge in [-0.05, 0) is 0 Å². The number of nitrogens with one attached hydrogen (secondary N) is 2. The number of H-pyrrole nitrogens is 2. The second kappa shape index (κ2) is 3.01. The number of rotatable bonds is 1. The van der Waals surface area contributed by atoms with Gasteiger partial charge in [-0.25, -0.2) is 18.6 Å². The summed E-state index contributed by atoms with van der Waals surface area (Å²) in [5.74, 6) is -0.628. The summed E-state index contributed by atoms with van der Waals surface area (Å²) in [7, 11) is 1.33. The van der Waals surface area contributed by atoms with Crippen LogP contribution in [0.4, 0.5) is 8.78 Å². The number of nitrogens with zero attached hydrogens (tertiary/aromatic N) is 2. The summed E-state index contributed by atoms with van der Waals surface area (Å²) in [5.41, 5.74) is -1.67. The zero-order valence-corrected chi connectivity index (χ0v) is 7.54. The van der Waals surface area contributed by atoms with Crippen LogP contribution in [-0.4, -0.2) is 19.5 Å². The molecule has 0 amide bonds. The van der Waals surface area contributed by atoms with Gasteiger partial charge in [0.05, 0.1) is 0 Å². The lowest BCUT2D eigenvalue weighted by molar-refractivity contribution is 0.142. The monoisotopic (exact) mass is 216 g/mol. The quantitative estimate of drug-likeness (QED) is 0.697. The maximum Gasteiger partial charge on any atom is 0.329 e. The van der Waals surface area contributed by atoms with Gasteiger partial charge in [0.25, 0.3) is 12.0 Å². The smallest absolute Gasteiger partial charge is 0.329 e. The first-order chi connectivity index (χ1) is 7.00. The molecule has 0 atom stereocenters. The van der Waals surface area contributed by atoms with Crippen LogP contribution >= 0.6 is 0 Å². The third-order valence-corrected chi connectivity index (χ3v) is 1.98. The van der Waals surface area contributed by atoms with Crippen LogP contribution < -0.4 is 11.2 Å². The van der Waals surface area contributed by atoms with E-state index in [1.165, 1.54) is 7.05 Å². The molecule has 0 saturated carbocycles. The van der Waals surface area contributed by atoms with Gasteiger partial charge in [0.1, 0.15) is 5.52 Å². The molecular formula is C7H6F2N4O2. The van der Waals surface area contributed by atoms with E-state index >= 15 is 0 Å². The van der Waals surface area contributed by atoms with E-state index in [9.17, 15) is 18.4 Å². The Hall–Kier alpha value is -1.99. The summed E-state index contributed by atoms with van der Waals surface area (Å²) in [4.78, 5) is 29.9. The molecule has 15 heavy (non-hydrogen) atoms. The molecule has 2 aromatic rings. The molecule has 2 heterocycles. The topological polar surface area (TPSA) is 83.5 Å². The van der Waals surface area contributed by atoms with Crippen molar-refractivity contribution in [2.24, 2.45) is 7.05 Å². The first-order valence-corrected chi connectivity index (χ1v) is 3.97. The molecule has 0 spiro atoms. The molecule has 2 N–H and O–H groups in total. The largest absolute Gasteiger partial charge is 0.331 e. The average molecular weight is 216 g/mol. The number of aryl methyl sites for hydroxylation is 1. The Balaban J connectivity index is 2.92. The van der Waals surface area contributed by atoms with Crippen molar-refractivity contribution in [3.8, 4) is 0 Å². The van der Waals surface area contributed by atoms with Crippen LogP contribution in [-0.2, 0) is 7.05 Å². The first kappa shape index (κ1) is 9.56. The van der Waals surface area contributed by atoms with Gasteiger partial charge in [0, 0.05) is 7.05 Å². The van der Waals surface area contributed by atoms with Crippen molar-refractivity contribution in [3.63, 3.8) is 0 Å². The van der Waals surface area contributed by atoms with E-state index < -0.39 is 23.5 Å². The van der Waals surface area contributed by atoms with Gasteiger partial charge in [-0.1, -0.05) is 0 Å². The van der Waals surface area contributed by atoms with Crippen LogP contribution in [0.2, 0.25) is 0 Å². The summed E-state index contributed by atoms with van der Waals surface area (Å²) < 4.78 is 25.5. The van der Waals surface area contributed by atoms with Gasteiger partial charge in [0.15, 0.2) is 11.5 Å². The van der Waals surface area contributed by atoms with Gasteiger partial charge in [0.2, 0.25) is 0 Å². The van der Waals surface area contributed by atoms with Crippen molar-refractivity contribution in [2.75, 3.05) is 0 Å². The Kier molecular flexibility index (Phi) is 1.92. The zero-order chi connectivity index (χ0) is 11.2. The standard InChI is InChI=1S/C7H6F2N4O2/c1-13-5-2(6(14)12-7(13)15)10-4(11-5)3(8)9/h3H,1H3,(H,10,11)(H,12,14,15). The van der Waals surface area contributed by atoms with Gasteiger partial charge in [-0.3, -0.25) is 14.3 Å². The van der Waals surface area contributed by atoms with Crippen molar-refractivity contribution in [3.05, 3.63) is 26.7 Å². The number of fused-ring (bicyclic) bond motifs is 1. The first-order valence-electron chi connectivity index (χ1n) is 3.97. The van der Waals surface area contributed by atoms with Gasteiger partial charge in [-0.15, -0.1) is 0 Å². The fourth-order valence-corrected chi connectivity index (χ4v) is 1.23. The number of aromatic amines is 2. The minimum absolute atomic E-state index is 0.0842. The highest BCUT2D eigenvalue weighted by atomic mass is 19.3. The molecule has 2 rings (SSSR count). The Bertz CT molecular complexity index is 624. The Morgan fingerprint density at radius 2 is 2.00 bits per heavy atom. The third-order valence-electron chi connectivity index (χ3n) is 1.98. The van der Waals surface area contributed by atoms with Crippen molar-refractivity contribution in [1.29, 1.82) is 0 Å². The minimum atomic E-state index is -2.81. The predicted molar refractivity (Wildman–Crippen MR) is 46.9 cm³/mol. The summed E-state index contributed by atoms with van der Waals surface area (Å²) in [6, 6.07) is 0. The second-order valence-electron chi connectivity index (χ2n) is 2.94. The molecule has 0 aliphatic rings. The maximum atomic E-state index is 12.3. The van der Waals surface area contributed by atoms with E-state index in [-0.39, 0.29) is 11.2 Å². The van der Waals surface area contributed by atoms with E-state index in [0.29, 0.717) is 0 Å². The molecule has 0 saturated heterocycles. The highest BCUT2D eigenvalue weighted by Gasteiger charge is 2.16. The molecule has 80 valence electrons. The van der Waals surface area contributed by atoms with Gasteiger partial charge < -0.3 is 4.98 Å². The summed E-state index contributed by atoms with van der Waals surface area (Å²) >= 11 is 0. The normalized spacial score (nSPS) is 11.5. The fraction of sp³-hybridized carbons (Fsp3) is 0.286. The maximum absolute atomic E-state index is 12.3. The summed E-state index contributed by atoms with van der Waals surface area (Å²) in [5, 5.41) is 0. The molecule has 0 bridgehead atoms.